The van der Waals surface area contributed by atoms with Gasteiger partial charge in [-0.1, -0.05) is 41.2 Å². The monoisotopic (exact) mass is 424 g/mol. The van der Waals surface area contributed by atoms with Crippen LogP contribution in [0.1, 0.15) is 39.3 Å². The lowest BCUT2D eigenvalue weighted by Gasteiger charge is -2.06. The van der Waals surface area contributed by atoms with Crippen molar-refractivity contribution in [3.8, 4) is 5.75 Å². The van der Waals surface area contributed by atoms with Crippen LogP contribution in [0.4, 0.5) is 5.69 Å². The first-order valence-corrected chi connectivity index (χ1v) is 10.5. The number of hydrogen-bond acceptors (Lipinski definition) is 6. The van der Waals surface area contributed by atoms with Crippen LogP contribution in [0.3, 0.4) is 0 Å². The maximum Gasteiger partial charge on any atom is 0.286 e. The smallest absolute Gasteiger partial charge is 0.286 e. The van der Waals surface area contributed by atoms with E-state index in [1.165, 1.54) is 11.3 Å². The molecular weight excluding hydrogens is 400 g/mol. The molecule has 0 unspecified atom stereocenters. The summed E-state index contributed by atoms with van der Waals surface area (Å²) in [5.41, 5.74) is 2.82. The zero-order valence-corrected chi connectivity index (χ0v) is 17.8. The average Bonchev–Trinajstić information content (AvgIpc) is 3.23. The lowest BCUT2D eigenvalue weighted by molar-refractivity contribution is -0.121. The van der Waals surface area contributed by atoms with Gasteiger partial charge in [0.15, 0.2) is 0 Å². The van der Waals surface area contributed by atoms with Crippen LogP contribution in [0.5, 0.6) is 5.75 Å². The molecule has 8 heteroatoms. The lowest BCUT2D eigenvalue weighted by atomic mass is 10.2. The van der Waals surface area contributed by atoms with Crippen molar-refractivity contribution in [1.82, 2.24) is 15.5 Å². The number of hydrogen-bond donors (Lipinski definition) is 2. The molecule has 2 N–H and O–H groups in total. The van der Waals surface area contributed by atoms with Crippen molar-refractivity contribution in [3.05, 3.63) is 69.7 Å². The van der Waals surface area contributed by atoms with E-state index in [0.29, 0.717) is 30.3 Å². The zero-order chi connectivity index (χ0) is 21.3. The van der Waals surface area contributed by atoms with Gasteiger partial charge >= 0.3 is 0 Å². The van der Waals surface area contributed by atoms with E-state index in [1.807, 2.05) is 62.4 Å². The molecule has 0 bridgehead atoms. The van der Waals surface area contributed by atoms with Crippen molar-refractivity contribution in [2.45, 2.75) is 33.2 Å². The van der Waals surface area contributed by atoms with Crippen LogP contribution in [0, 0.1) is 6.92 Å². The Kier molecular flexibility index (Phi) is 7.51. The molecule has 0 saturated heterocycles. The molecule has 0 aliphatic rings. The van der Waals surface area contributed by atoms with E-state index in [0.717, 1.165) is 16.9 Å². The first kappa shape index (κ1) is 21.4. The summed E-state index contributed by atoms with van der Waals surface area (Å²) in [6, 6.07) is 15.1. The van der Waals surface area contributed by atoms with E-state index in [4.69, 9.17) is 4.74 Å². The number of ether oxygens (including phenoxy) is 1. The Balaban J connectivity index is 1.43. The molecule has 1 aromatic heterocycles. The minimum Gasteiger partial charge on any atom is -0.494 e. The van der Waals surface area contributed by atoms with Gasteiger partial charge in [0.1, 0.15) is 10.8 Å². The average molecular weight is 425 g/mol. The summed E-state index contributed by atoms with van der Waals surface area (Å²) in [6.45, 7) is 4.99. The molecule has 1 heterocycles. The van der Waals surface area contributed by atoms with Crippen molar-refractivity contribution < 1.29 is 14.3 Å². The molecule has 0 atom stereocenters. The van der Waals surface area contributed by atoms with Gasteiger partial charge in [0.2, 0.25) is 10.9 Å². The van der Waals surface area contributed by atoms with E-state index < -0.39 is 0 Å². The second-order valence-electron chi connectivity index (χ2n) is 6.67. The molecule has 7 nitrogen and oxygen atoms in total. The van der Waals surface area contributed by atoms with Crippen LogP contribution in [0.2, 0.25) is 0 Å². The van der Waals surface area contributed by atoms with Crippen LogP contribution < -0.4 is 15.4 Å². The molecule has 0 aliphatic heterocycles. The third-order valence-corrected chi connectivity index (χ3v) is 5.24. The molecule has 3 rings (SSSR count). The highest BCUT2D eigenvalue weighted by atomic mass is 32.1. The molecule has 0 fully saturated rings. The Bertz CT molecular complexity index is 984. The SMILES string of the molecule is CCOc1ccc(CNC(=O)CCc2nnc(C(=O)Nc3ccc(C)cc3)s2)cc1. The summed E-state index contributed by atoms with van der Waals surface area (Å²) < 4.78 is 5.40. The standard InChI is InChI=1S/C22H24N4O3S/c1-3-29-18-10-6-16(7-11-18)14-23-19(27)12-13-20-25-26-22(30-20)21(28)24-17-8-4-15(2)5-9-17/h4-11H,3,12-14H2,1-2H3,(H,23,27)(H,24,28). The molecule has 3 aromatic rings. The van der Waals surface area contributed by atoms with Crippen molar-refractivity contribution in [1.29, 1.82) is 0 Å². The van der Waals surface area contributed by atoms with Gasteiger partial charge in [0, 0.05) is 25.1 Å². The van der Waals surface area contributed by atoms with Gasteiger partial charge in [0.05, 0.1) is 6.61 Å². The summed E-state index contributed by atoms with van der Waals surface area (Å²) in [5.74, 6) is 0.429. The highest BCUT2D eigenvalue weighted by molar-refractivity contribution is 7.13. The molecule has 0 aliphatic carbocycles. The number of rotatable bonds is 9. The van der Waals surface area contributed by atoms with Crippen molar-refractivity contribution in [2.24, 2.45) is 0 Å². The molecular formula is C22H24N4O3S. The van der Waals surface area contributed by atoms with E-state index in [1.54, 1.807) is 0 Å². The molecule has 0 spiro atoms. The molecule has 2 amide bonds. The summed E-state index contributed by atoms with van der Waals surface area (Å²) in [6.07, 6.45) is 0.718. The normalized spacial score (nSPS) is 10.5. The molecule has 0 radical (unpaired) electrons. The summed E-state index contributed by atoms with van der Waals surface area (Å²) in [5, 5.41) is 14.6. The van der Waals surface area contributed by atoms with Gasteiger partial charge in [-0.05, 0) is 43.7 Å². The Morgan fingerprint density at radius 1 is 1.03 bits per heavy atom. The fourth-order valence-corrected chi connectivity index (χ4v) is 3.38. The second-order valence-corrected chi connectivity index (χ2v) is 7.74. The van der Waals surface area contributed by atoms with E-state index in [-0.39, 0.29) is 23.2 Å². The van der Waals surface area contributed by atoms with Gasteiger partial charge in [-0.2, -0.15) is 0 Å². The van der Waals surface area contributed by atoms with Crippen LogP contribution in [-0.4, -0.2) is 28.6 Å². The number of nitrogens with zero attached hydrogens (tertiary/aromatic N) is 2. The largest absolute Gasteiger partial charge is 0.494 e. The maximum atomic E-state index is 12.3. The van der Waals surface area contributed by atoms with Gasteiger partial charge in [-0.15, -0.1) is 10.2 Å². The Labute approximate surface area is 179 Å². The summed E-state index contributed by atoms with van der Waals surface area (Å²) in [7, 11) is 0. The number of aryl methyl sites for hydroxylation is 2. The van der Waals surface area contributed by atoms with E-state index in [9.17, 15) is 9.59 Å². The minimum atomic E-state index is -0.303. The first-order chi connectivity index (χ1) is 14.5. The third-order valence-electron chi connectivity index (χ3n) is 4.26. The summed E-state index contributed by atoms with van der Waals surface area (Å²) in [4.78, 5) is 24.4. The molecule has 2 aromatic carbocycles. The van der Waals surface area contributed by atoms with Crippen LogP contribution in [0.15, 0.2) is 48.5 Å². The molecule has 156 valence electrons. The van der Waals surface area contributed by atoms with Gasteiger partial charge < -0.3 is 15.4 Å². The molecule has 0 saturated carbocycles. The number of carbonyl (C=O) groups excluding carboxylic acids is 2. The fraction of sp³-hybridized carbons (Fsp3) is 0.273. The Morgan fingerprint density at radius 3 is 2.47 bits per heavy atom. The van der Waals surface area contributed by atoms with Crippen LogP contribution in [0.25, 0.3) is 0 Å². The van der Waals surface area contributed by atoms with Gasteiger partial charge in [0.25, 0.3) is 5.91 Å². The van der Waals surface area contributed by atoms with Crippen LogP contribution >= 0.6 is 11.3 Å². The van der Waals surface area contributed by atoms with E-state index >= 15 is 0 Å². The van der Waals surface area contributed by atoms with Gasteiger partial charge in [-0.3, -0.25) is 9.59 Å². The maximum absolute atomic E-state index is 12.3. The zero-order valence-electron chi connectivity index (χ0n) is 17.0. The number of benzene rings is 2. The number of anilines is 1. The van der Waals surface area contributed by atoms with Crippen LogP contribution in [-0.2, 0) is 17.8 Å². The Morgan fingerprint density at radius 2 is 1.77 bits per heavy atom. The van der Waals surface area contributed by atoms with E-state index in [2.05, 4.69) is 20.8 Å². The first-order valence-electron chi connectivity index (χ1n) is 9.72. The van der Waals surface area contributed by atoms with Crippen molar-refractivity contribution >= 4 is 28.8 Å². The predicted molar refractivity (Wildman–Crippen MR) is 117 cm³/mol. The summed E-state index contributed by atoms with van der Waals surface area (Å²) >= 11 is 1.20. The quantitative estimate of drug-likeness (QED) is 0.546. The predicted octanol–water partition coefficient (Wildman–Crippen LogP) is 3.75. The van der Waals surface area contributed by atoms with Crippen molar-refractivity contribution in [2.75, 3.05) is 11.9 Å². The third kappa shape index (κ3) is 6.38. The minimum absolute atomic E-state index is 0.0789. The molecule has 30 heavy (non-hydrogen) atoms. The number of carbonyl (C=O) groups is 2. The number of amides is 2. The lowest BCUT2D eigenvalue weighted by Crippen LogP contribution is -2.22. The number of nitrogens with one attached hydrogen (secondary N) is 2. The van der Waals surface area contributed by atoms with Crippen molar-refractivity contribution in [3.63, 3.8) is 0 Å². The highest BCUT2D eigenvalue weighted by Gasteiger charge is 2.14. The topological polar surface area (TPSA) is 93.2 Å². The second kappa shape index (κ2) is 10.5. The Hall–Kier alpha value is -3.26. The highest BCUT2D eigenvalue weighted by Crippen LogP contribution is 2.15. The van der Waals surface area contributed by atoms with Gasteiger partial charge in [-0.25, -0.2) is 0 Å². The number of aromatic nitrogens is 2. The fourth-order valence-electron chi connectivity index (χ4n) is 2.65.